The highest BCUT2D eigenvalue weighted by molar-refractivity contribution is 5.96. The molecule has 3 aromatic rings. The zero-order valence-electron chi connectivity index (χ0n) is 24.0. The predicted octanol–water partition coefficient (Wildman–Crippen LogP) is 6.49. The third-order valence-electron chi connectivity index (χ3n) is 6.48. The van der Waals surface area contributed by atoms with Gasteiger partial charge in [-0.1, -0.05) is 32.0 Å². The Balaban J connectivity index is 1.84. The highest BCUT2D eigenvalue weighted by Gasteiger charge is 2.33. The van der Waals surface area contributed by atoms with E-state index in [1.165, 1.54) is 17.0 Å². The molecule has 40 heavy (non-hydrogen) atoms. The number of carbonyl (C=O) groups is 2. The molecule has 2 aromatic carbocycles. The summed E-state index contributed by atoms with van der Waals surface area (Å²) in [7, 11) is 1.62. The van der Waals surface area contributed by atoms with Crippen molar-refractivity contribution in [2.75, 3.05) is 20.2 Å². The molecule has 0 aliphatic carbocycles. The van der Waals surface area contributed by atoms with E-state index in [4.69, 9.17) is 4.74 Å². The zero-order valence-corrected chi connectivity index (χ0v) is 24.0. The Morgan fingerprint density at radius 2 is 1.68 bits per heavy atom. The molecule has 0 saturated heterocycles. The maximum atomic E-state index is 13.7. The number of ether oxygens (including phenoxy) is 1. The number of hydrogen-bond acceptors (Lipinski definition) is 3. The van der Waals surface area contributed by atoms with Gasteiger partial charge in [-0.3, -0.25) is 9.59 Å². The second-order valence-electron chi connectivity index (χ2n) is 11.3. The van der Waals surface area contributed by atoms with E-state index in [0.29, 0.717) is 13.1 Å². The smallest absolute Gasteiger partial charge is 0.416 e. The van der Waals surface area contributed by atoms with E-state index in [1.54, 1.807) is 12.0 Å². The van der Waals surface area contributed by atoms with Gasteiger partial charge in [0.05, 0.1) is 19.2 Å². The largest absolute Gasteiger partial charge is 0.497 e. The molecule has 3 rings (SSSR count). The number of nitrogens with zero attached hydrogens (tertiary/aromatic N) is 3. The lowest BCUT2D eigenvalue weighted by Gasteiger charge is -2.38. The third kappa shape index (κ3) is 8.13. The maximum absolute atomic E-state index is 13.7. The fraction of sp³-hybridized carbons (Fsp3) is 0.419. The highest BCUT2D eigenvalue weighted by Crippen LogP contribution is 2.30. The number of rotatable bonds is 10. The van der Waals surface area contributed by atoms with Crippen LogP contribution in [-0.4, -0.2) is 51.9 Å². The van der Waals surface area contributed by atoms with Gasteiger partial charge in [0.1, 0.15) is 12.3 Å². The Kier molecular flexibility index (Phi) is 9.71. The molecule has 0 bridgehead atoms. The minimum absolute atomic E-state index is 0.00531. The molecule has 0 fully saturated rings. The van der Waals surface area contributed by atoms with Crippen molar-refractivity contribution in [2.45, 2.75) is 59.4 Å². The van der Waals surface area contributed by atoms with Crippen LogP contribution in [0.2, 0.25) is 0 Å². The normalized spacial score (nSPS) is 11.9. The summed E-state index contributed by atoms with van der Waals surface area (Å²) in [6.07, 6.45) is -2.62. The quantitative estimate of drug-likeness (QED) is 0.286. The molecule has 0 aliphatic heterocycles. The Morgan fingerprint density at radius 1 is 0.975 bits per heavy atom. The number of amides is 2. The summed E-state index contributed by atoms with van der Waals surface area (Å²) < 4.78 is 47.2. The van der Waals surface area contributed by atoms with Gasteiger partial charge >= 0.3 is 6.18 Å². The molecule has 1 aromatic heterocycles. The van der Waals surface area contributed by atoms with E-state index in [0.717, 1.165) is 29.1 Å². The van der Waals surface area contributed by atoms with Gasteiger partial charge in [0.25, 0.3) is 5.91 Å². The fourth-order valence-electron chi connectivity index (χ4n) is 4.50. The van der Waals surface area contributed by atoms with Crippen molar-refractivity contribution in [3.8, 4) is 5.75 Å². The number of benzene rings is 2. The molecule has 9 heteroatoms. The van der Waals surface area contributed by atoms with Crippen molar-refractivity contribution in [1.29, 1.82) is 0 Å². The van der Waals surface area contributed by atoms with Crippen LogP contribution in [0, 0.1) is 5.92 Å². The van der Waals surface area contributed by atoms with Crippen LogP contribution in [0.15, 0.2) is 66.9 Å². The number of alkyl halides is 3. The van der Waals surface area contributed by atoms with Crippen LogP contribution in [0.4, 0.5) is 13.2 Å². The summed E-state index contributed by atoms with van der Waals surface area (Å²) in [6, 6.07) is 16.0. The van der Waals surface area contributed by atoms with Crippen molar-refractivity contribution >= 4 is 11.8 Å². The average Bonchev–Trinajstić information content (AvgIpc) is 3.31. The number of halogens is 3. The van der Waals surface area contributed by atoms with Crippen LogP contribution >= 0.6 is 0 Å². The Morgan fingerprint density at radius 3 is 2.30 bits per heavy atom. The molecule has 0 radical (unpaired) electrons. The minimum atomic E-state index is -4.57. The maximum Gasteiger partial charge on any atom is 0.416 e. The molecule has 1 heterocycles. The molecule has 0 saturated carbocycles. The van der Waals surface area contributed by atoms with Crippen molar-refractivity contribution < 1.29 is 27.5 Å². The van der Waals surface area contributed by atoms with E-state index in [-0.39, 0.29) is 30.5 Å². The summed E-state index contributed by atoms with van der Waals surface area (Å²) in [5.74, 6) is -0.134. The molecule has 6 nitrogen and oxygen atoms in total. The van der Waals surface area contributed by atoms with E-state index in [9.17, 15) is 22.8 Å². The monoisotopic (exact) mass is 557 g/mol. The summed E-state index contributed by atoms with van der Waals surface area (Å²) in [6.45, 7) is 10.4. The molecular formula is C31H38F3N3O3. The second-order valence-corrected chi connectivity index (χ2v) is 11.3. The van der Waals surface area contributed by atoms with Gasteiger partial charge < -0.3 is 19.1 Å². The summed E-state index contributed by atoms with van der Waals surface area (Å²) in [4.78, 5) is 30.2. The molecular weight excluding hydrogens is 519 g/mol. The van der Waals surface area contributed by atoms with Gasteiger partial charge in [-0.05, 0) is 74.7 Å². The van der Waals surface area contributed by atoms with Crippen LogP contribution in [0.25, 0.3) is 0 Å². The van der Waals surface area contributed by atoms with Gasteiger partial charge in [0, 0.05) is 36.1 Å². The first-order chi connectivity index (χ1) is 18.7. The van der Waals surface area contributed by atoms with Gasteiger partial charge in [-0.15, -0.1) is 0 Å². The van der Waals surface area contributed by atoms with Gasteiger partial charge in [0.2, 0.25) is 5.91 Å². The Labute approximate surface area is 234 Å². The average molecular weight is 558 g/mol. The van der Waals surface area contributed by atoms with Crippen LogP contribution in [-0.2, 0) is 24.1 Å². The molecule has 0 aliphatic rings. The molecule has 0 unspecified atom stereocenters. The first kappa shape index (κ1) is 30.8. The Hall–Kier alpha value is -3.75. The zero-order chi connectivity index (χ0) is 29.7. The van der Waals surface area contributed by atoms with E-state index < -0.39 is 23.2 Å². The lowest BCUT2D eigenvalue weighted by molar-refractivity contribution is -0.138. The SMILES string of the molecule is COc1cccc(Cn2cccc2CN(C(=O)CN(CC(C)C)C(=O)c2cccc(C(F)(F)F)c2)C(C)(C)C)c1. The fourth-order valence-corrected chi connectivity index (χ4v) is 4.50. The molecule has 216 valence electrons. The number of aromatic nitrogens is 1. The lowest BCUT2D eigenvalue weighted by Crippen LogP contribution is -2.50. The van der Waals surface area contributed by atoms with Gasteiger partial charge in [0.15, 0.2) is 0 Å². The topological polar surface area (TPSA) is 54.8 Å². The Bertz CT molecular complexity index is 1310. The third-order valence-corrected chi connectivity index (χ3v) is 6.48. The van der Waals surface area contributed by atoms with Crippen molar-refractivity contribution in [3.63, 3.8) is 0 Å². The van der Waals surface area contributed by atoms with Crippen molar-refractivity contribution in [2.24, 2.45) is 5.92 Å². The molecule has 0 spiro atoms. The minimum Gasteiger partial charge on any atom is -0.497 e. The number of hydrogen-bond donors (Lipinski definition) is 0. The van der Waals surface area contributed by atoms with Crippen molar-refractivity contribution in [3.05, 3.63) is 89.2 Å². The summed E-state index contributed by atoms with van der Waals surface area (Å²) in [5, 5.41) is 0. The predicted molar refractivity (Wildman–Crippen MR) is 149 cm³/mol. The summed E-state index contributed by atoms with van der Waals surface area (Å²) in [5.41, 5.74) is 0.372. The second kappa shape index (κ2) is 12.6. The molecule has 0 N–H and O–H groups in total. The van der Waals surface area contributed by atoms with Crippen LogP contribution in [0.5, 0.6) is 5.75 Å². The summed E-state index contributed by atoms with van der Waals surface area (Å²) >= 11 is 0. The molecule has 2 amide bonds. The van der Waals surface area contributed by atoms with Crippen LogP contribution in [0.1, 0.15) is 61.8 Å². The standard InChI is InChI=1S/C31H38F3N3O3/c1-22(2)18-36(29(39)24-11-8-12-25(17-24)31(32,33)34)21-28(38)37(30(3,4)5)20-26-13-9-15-35(26)19-23-10-7-14-27(16-23)40-6/h7-17,22H,18-21H2,1-6H3. The van der Waals surface area contributed by atoms with Crippen LogP contribution < -0.4 is 4.74 Å². The lowest BCUT2D eigenvalue weighted by atomic mass is 10.0. The van der Waals surface area contributed by atoms with E-state index in [2.05, 4.69) is 4.57 Å². The van der Waals surface area contributed by atoms with Crippen LogP contribution in [0.3, 0.4) is 0 Å². The van der Waals surface area contributed by atoms with Crippen molar-refractivity contribution in [1.82, 2.24) is 14.4 Å². The number of methoxy groups -OCH3 is 1. The first-order valence-electron chi connectivity index (χ1n) is 13.2. The highest BCUT2D eigenvalue weighted by atomic mass is 19.4. The van der Waals surface area contributed by atoms with Gasteiger partial charge in [-0.2, -0.15) is 13.2 Å². The van der Waals surface area contributed by atoms with Gasteiger partial charge in [-0.25, -0.2) is 0 Å². The van der Waals surface area contributed by atoms with E-state index in [1.807, 2.05) is 77.2 Å². The first-order valence-corrected chi connectivity index (χ1v) is 13.2. The number of carbonyl (C=O) groups excluding carboxylic acids is 2. The molecule has 0 atom stereocenters. The van der Waals surface area contributed by atoms with E-state index >= 15 is 0 Å².